The van der Waals surface area contributed by atoms with Crippen LogP contribution in [0.25, 0.3) is 0 Å². The number of carbonyl (C=O) groups is 1. The van der Waals surface area contributed by atoms with Crippen molar-refractivity contribution in [3.63, 3.8) is 0 Å². The van der Waals surface area contributed by atoms with Crippen LogP contribution >= 0.6 is 10.0 Å². The molecule has 0 spiro atoms. The van der Waals surface area contributed by atoms with Gasteiger partial charge in [-0.3, -0.25) is 4.79 Å². The van der Waals surface area contributed by atoms with Crippen LogP contribution < -0.4 is 0 Å². The fraction of sp³-hybridized carbons (Fsp3) is 0.600. The van der Waals surface area contributed by atoms with E-state index in [1.54, 1.807) is 10.9 Å². The molecular formula is C10H18N2O2S. The lowest BCUT2D eigenvalue weighted by Crippen LogP contribution is -2.10. The molecule has 0 bridgehead atoms. The van der Waals surface area contributed by atoms with Crippen LogP contribution in [0.3, 0.4) is 0 Å². The van der Waals surface area contributed by atoms with Gasteiger partial charge in [-0.25, -0.2) is 15.0 Å². The molecule has 0 fully saturated rings. The molecule has 0 unspecified atom stereocenters. The van der Waals surface area contributed by atoms with Gasteiger partial charge in [-0.05, 0) is 18.8 Å². The second-order valence-electron chi connectivity index (χ2n) is 4.24. The lowest BCUT2D eigenvalue weighted by atomic mass is 10.5. The summed E-state index contributed by atoms with van der Waals surface area (Å²) in [5.74, 6) is 1.08. The first-order valence-corrected chi connectivity index (χ1v) is 7.75. The Morgan fingerprint density at radius 1 is 1.53 bits per heavy atom. The smallest absolute Gasteiger partial charge is 0.168 e. The number of nitrogens with zero attached hydrogens (tertiary/aromatic N) is 2. The molecule has 0 aliphatic carbocycles. The second kappa shape index (κ2) is 5.32. The standard InChI is InChI=1S/C10H18N2O2S/c1-15(2,3)5-4-14-9-12-8-11-6-10(12)7-13/h6-8H,4-5,9H2,1-3H3. The number of aromatic nitrogens is 2. The van der Waals surface area contributed by atoms with E-state index in [9.17, 15) is 4.79 Å². The quantitative estimate of drug-likeness (QED) is 0.547. The predicted octanol–water partition coefficient (Wildman–Crippen LogP) is 1.36. The predicted molar refractivity (Wildman–Crippen MR) is 63.8 cm³/mol. The summed E-state index contributed by atoms with van der Waals surface area (Å²) >= 11 is 0. The number of hydrogen-bond donors (Lipinski definition) is 0. The fourth-order valence-corrected chi connectivity index (χ4v) is 1.63. The van der Waals surface area contributed by atoms with Crippen molar-refractivity contribution in [3.05, 3.63) is 18.2 Å². The third-order valence-electron chi connectivity index (χ3n) is 1.94. The van der Waals surface area contributed by atoms with Gasteiger partial charge in [0.15, 0.2) is 6.29 Å². The SMILES string of the molecule is CS(C)(C)CCOCn1cncc1C=O. The van der Waals surface area contributed by atoms with Crippen LogP contribution in [0.15, 0.2) is 12.5 Å². The van der Waals surface area contributed by atoms with Crippen molar-refractivity contribution in [2.24, 2.45) is 0 Å². The molecule has 0 aliphatic heterocycles. The van der Waals surface area contributed by atoms with Crippen molar-refractivity contribution in [1.29, 1.82) is 0 Å². The molecule has 0 N–H and O–H groups in total. The minimum absolute atomic E-state index is 0.406. The van der Waals surface area contributed by atoms with Gasteiger partial charge in [-0.2, -0.15) is 0 Å². The highest BCUT2D eigenvalue weighted by molar-refractivity contribution is 8.32. The van der Waals surface area contributed by atoms with Crippen LogP contribution in [-0.4, -0.2) is 47.0 Å². The van der Waals surface area contributed by atoms with Gasteiger partial charge in [0.25, 0.3) is 0 Å². The monoisotopic (exact) mass is 230 g/mol. The molecule has 1 rings (SSSR count). The normalized spacial score (nSPS) is 12.7. The molecule has 1 heterocycles. The highest BCUT2D eigenvalue weighted by Gasteiger charge is 2.04. The van der Waals surface area contributed by atoms with Gasteiger partial charge in [-0.1, -0.05) is 0 Å². The highest BCUT2D eigenvalue weighted by atomic mass is 32.3. The Morgan fingerprint density at radius 3 is 2.87 bits per heavy atom. The van der Waals surface area contributed by atoms with E-state index in [4.69, 9.17) is 4.74 Å². The van der Waals surface area contributed by atoms with Crippen LogP contribution in [0.4, 0.5) is 0 Å². The van der Waals surface area contributed by atoms with Crippen LogP contribution in [0, 0.1) is 0 Å². The summed E-state index contributed by atoms with van der Waals surface area (Å²) in [6.45, 7) is 1.14. The summed E-state index contributed by atoms with van der Waals surface area (Å²) in [4.78, 5) is 14.4. The molecule has 4 nitrogen and oxygen atoms in total. The topological polar surface area (TPSA) is 44.1 Å². The molecule has 0 radical (unpaired) electrons. The summed E-state index contributed by atoms with van der Waals surface area (Å²) < 4.78 is 7.18. The Labute approximate surface area is 92.0 Å². The average Bonchev–Trinajstić information content (AvgIpc) is 2.58. The van der Waals surface area contributed by atoms with E-state index in [1.165, 1.54) is 6.20 Å². The van der Waals surface area contributed by atoms with Gasteiger partial charge in [0, 0.05) is 5.75 Å². The number of aldehydes is 1. The van der Waals surface area contributed by atoms with Crippen molar-refractivity contribution < 1.29 is 9.53 Å². The van der Waals surface area contributed by atoms with Crippen LogP contribution in [0.2, 0.25) is 0 Å². The molecule has 86 valence electrons. The third-order valence-corrected chi connectivity index (χ3v) is 3.33. The second-order valence-corrected chi connectivity index (χ2v) is 8.83. The molecule has 1 aromatic rings. The van der Waals surface area contributed by atoms with E-state index in [0.717, 1.165) is 18.6 Å². The number of ether oxygens (including phenoxy) is 1. The molecule has 0 amide bonds. The van der Waals surface area contributed by atoms with Gasteiger partial charge >= 0.3 is 0 Å². The average molecular weight is 230 g/mol. The largest absolute Gasteiger partial charge is 0.360 e. The first-order chi connectivity index (χ1) is 7.03. The molecular weight excluding hydrogens is 212 g/mol. The van der Waals surface area contributed by atoms with E-state index < -0.39 is 10.0 Å². The highest BCUT2D eigenvalue weighted by Crippen LogP contribution is 2.33. The summed E-state index contributed by atoms with van der Waals surface area (Å²) in [7, 11) is -0.500. The molecule has 0 saturated heterocycles. The van der Waals surface area contributed by atoms with E-state index >= 15 is 0 Å². The van der Waals surface area contributed by atoms with Crippen molar-refractivity contribution >= 4 is 16.3 Å². The zero-order valence-corrected chi connectivity index (χ0v) is 10.3. The minimum Gasteiger partial charge on any atom is -0.360 e. The van der Waals surface area contributed by atoms with Crippen LogP contribution in [-0.2, 0) is 11.5 Å². The molecule has 0 aromatic carbocycles. The zero-order chi connectivity index (χ0) is 11.3. The first-order valence-electron chi connectivity index (χ1n) is 4.72. The minimum atomic E-state index is -0.500. The van der Waals surface area contributed by atoms with E-state index in [-0.39, 0.29) is 0 Å². The van der Waals surface area contributed by atoms with Crippen molar-refractivity contribution in [1.82, 2.24) is 9.55 Å². The number of imidazole rings is 1. The molecule has 0 saturated carbocycles. The maximum atomic E-state index is 10.6. The van der Waals surface area contributed by atoms with Crippen LogP contribution in [0.5, 0.6) is 0 Å². The van der Waals surface area contributed by atoms with Crippen molar-refractivity contribution in [2.45, 2.75) is 6.73 Å². The van der Waals surface area contributed by atoms with E-state index in [1.807, 2.05) is 0 Å². The van der Waals surface area contributed by atoms with E-state index in [2.05, 4.69) is 23.8 Å². The lowest BCUT2D eigenvalue weighted by Gasteiger charge is -2.24. The Balaban J connectivity index is 2.29. The Bertz CT molecular complexity index is 317. The lowest BCUT2D eigenvalue weighted by molar-refractivity contribution is 0.0856. The van der Waals surface area contributed by atoms with Crippen LogP contribution in [0.1, 0.15) is 10.5 Å². The Kier molecular flexibility index (Phi) is 4.35. The summed E-state index contributed by atoms with van der Waals surface area (Å²) in [6.07, 6.45) is 10.7. The summed E-state index contributed by atoms with van der Waals surface area (Å²) in [5, 5.41) is 0. The van der Waals surface area contributed by atoms with Crippen molar-refractivity contribution in [3.8, 4) is 0 Å². The molecule has 5 heteroatoms. The van der Waals surface area contributed by atoms with Gasteiger partial charge < -0.3 is 9.30 Å². The molecule has 15 heavy (non-hydrogen) atoms. The number of rotatable bonds is 6. The zero-order valence-electron chi connectivity index (χ0n) is 9.47. The van der Waals surface area contributed by atoms with Gasteiger partial charge in [0.1, 0.15) is 12.4 Å². The fourth-order valence-electron chi connectivity index (χ4n) is 1.01. The maximum Gasteiger partial charge on any atom is 0.168 e. The van der Waals surface area contributed by atoms with Gasteiger partial charge in [0.2, 0.25) is 0 Å². The molecule has 1 aromatic heterocycles. The number of carbonyl (C=O) groups excluding carboxylic acids is 1. The van der Waals surface area contributed by atoms with E-state index in [0.29, 0.717) is 12.4 Å². The molecule has 0 aliphatic rings. The molecule has 0 atom stereocenters. The summed E-state index contributed by atoms with van der Waals surface area (Å²) in [5.41, 5.74) is 0.554. The van der Waals surface area contributed by atoms with Gasteiger partial charge in [-0.15, -0.1) is 0 Å². The third kappa shape index (κ3) is 4.48. The maximum absolute atomic E-state index is 10.6. The Morgan fingerprint density at radius 2 is 2.27 bits per heavy atom. The van der Waals surface area contributed by atoms with Crippen molar-refractivity contribution in [2.75, 3.05) is 31.1 Å². The first kappa shape index (κ1) is 12.3. The summed E-state index contributed by atoms with van der Waals surface area (Å²) in [6, 6.07) is 0. The Hall–Kier alpha value is -0.810. The van der Waals surface area contributed by atoms with Gasteiger partial charge in [0.05, 0.1) is 19.1 Å². The number of hydrogen-bond acceptors (Lipinski definition) is 3.